The average Bonchev–Trinajstić information content (AvgIpc) is 2.61. The van der Waals surface area contributed by atoms with Crippen LogP contribution in [0, 0.1) is 0 Å². The minimum absolute atomic E-state index is 0.401. The summed E-state index contributed by atoms with van der Waals surface area (Å²) >= 11 is 0. The summed E-state index contributed by atoms with van der Waals surface area (Å²) in [5.41, 5.74) is 1.07. The van der Waals surface area contributed by atoms with Crippen molar-refractivity contribution < 1.29 is 23.8 Å². The van der Waals surface area contributed by atoms with E-state index in [-0.39, 0.29) is 0 Å². The summed E-state index contributed by atoms with van der Waals surface area (Å²) in [4.78, 5) is 23.1. The zero-order valence-electron chi connectivity index (χ0n) is 13.7. The second kappa shape index (κ2) is 6.68. The van der Waals surface area contributed by atoms with Crippen molar-refractivity contribution in [3.05, 3.63) is 59.0 Å². The highest BCUT2D eigenvalue weighted by Gasteiger charge is 2.13. The second-order valence-electron chi connectivity index (χ2n) is 5.47. The number of hydrogen-bond acceptors (Lipinski definition) is 5. The van der Waals surface area contributed by atoms with Gasteiger partial charge < -0.3 is 19.0 Å². The molecule has 2 aromatic carbocycles. The number of rotatable bonds is 5. The van der Waals surface area contributed by atoms with Crippen LogP contribution in [0.25, 0.3) is 22.1 Å². The molecule has 0 fully saturated rings. The molecule has 25 heavy (non-hydrogen) atoms. The van der Waals surface area contributed by atoms with Gasteiger partial charge in [0, 0.05) is 5.39 Å². The smallest absolute Gasteiger partial charge is 0.344 e. The van der Waals surface area contributed by atoms with Crippen molar-refractivity contribution in [2.45, 2.75) is 13.0 Å². The fourth-order valence-corrected chi connectivity index (χ4v) is 2.40. The number of carbonyl (C=O) groups is 1. The Morgan fingerprint density at radius 3 is 2.40 bits per heavy atom. The third-order valence-corrected chi connectivity index (χ3v) is 3.77. The van der Waals surface area contributed by atoms with Gasteiger partial charge in [-0.2, -0.15) is 0 Å². The maximum Gasteiger partial charge on any atom is 0.344 e. The lowest BCUT2D eigenvalue weighted by Crippen LogP contribution is -2.22. The van der Waals surface area contributed by atoms with Gasteiger partial charge in [-0.15, -0.1) is 0 Å². The van der Waals surface area contributed by atoms with Crippen molar-refractivity contribution in [3.8, 4) is 22.6 Å². The van der Waals surface area contributed by atoms with Crippen LogP contribution in [0.4, 0.5) is 0 Å². The molecule has 0 saturated heterocycles. The van der Waals surface area contributed by atoms with Crippen LogP contribution >= 0.6 is 0 Å². The highest BCUT2D eigenvalue weighted by atomic mass is 16.5. The van der Waals surface area contributed by atoms with E-state index in [9.17, 15) is 9.59 Å². The zero-order chi connectivity index (χ0) is 18.0. The minimum atomic E-state index is -1.05. The molecule has 0 aliphatic heterocycles. The van der Waals surface area contributed by atoms with Crippen molar-refractivity contribution in [2.24, 2.45) is 0 Å². The van der Waals surface area contributed by atoms with Crippen LogP contribution in [0.5, 0.6) is 11.5 Å². The Bertz CT molecular complexity index is 971. The number of carboxylic acid groups (broad SMARTS) is 1. The summed E-state index contributed by atoms with van der Waals surface area (Å²) in [7, 11) is 1.57. The molecule has 0 aliphatic carbocycles. The predicted octanol–water partition coefficient (Wildman–Crippen LogP) is 3.32. The van der Waals surface area contributed by atoms with Crippen molar-refractivity contribution >= 4 is 16.9 Å². The van der Waals surface area contributed by atoms with Crippen molar-refractivity contribution in [1.82, 2.24) is 0 Å². The van der Waals surface area contributed by atoms with Crippen LogP contribution in [-0.4, -0.2) is 24.3 Å². The summed E-state index contributed by atoms with van der Waals surface area (Å²) < 4.78 is 15.8. The Morgan fingerprint density at radius 2 is 1.76 bits per heavy atom. The number of ether oxygens (including phenoxy) is 2. The average molecular weight is 340 g/mol. The first-order valence-electron chi connectivity index (χ1n) is 7.60. The lowest BCUT2D eigenvalue weighted by atomic mass is 10.1. The standard InChI is InChI=1S/C19H16O6/c1-11(18(20)21)24-14-5-3-12(4-6-14)16-10-13-9-15(23-2)7-8-17(13)25-19(16)22/h3-11H,1-2H3,(H,20,21)/t11-/m0/s1. The molecule has 6 heteroatoms. The third-order valence-electron chi connectivity index (χ3n) is 3.77. The molecule has 0 unspecified atom stereocenters. The molecule has 0 saturated carbocycles. The van der Waals surface area contributed by atoms with Gasteiger partial charge in [0.15, 0.2) is 6.10 Å². The van der Waals surface area contributed by atoms with E-state index in [1.165, 1.54) is 6.92 Å². The molecule has 1 atom stereocenters. The Morgan fingerprint density at radius 1 is 1.08 bits per heavy atom. The summed E-state index contributed by atoms with van der Waals surface area (Å²) in [5, 5.41) is 9.61. The molecule has 1 heterocycles. The largest absolute Gasteiger partial charge is 0.497 e. The first kappa shape index (κ1) is 16.6. The first-order chi connectivity index (χ1) is 12.0. The van der Waals surface area contributed by atoms with E-state index in [4.69, 9.17) is 19.0 Å². The van der Waals surface area contributed by atoms with Gasteiger partial charge in [0.2, 0.25) is 0 Å². The van der Waals surface area contributed by atoms with Gasteiger partial charge in [0.25, 0.3) is 0 Å². The molecule has 3 rings (SSSR count). The maximum atomic E-state index is 12.2. The molecule has 128 valence electrons. The molecule has 0 spiro atoms. The normalized spacial score (nSPS) is 11.9. The molecular weight excluding hydrogens is 324 g/mol. The van der Waals surface area contributed by atoms with E-state index in [1.807, 2.05) is 0 Å². The molecule has 0 bridgehead atoms. The minimum Gasteiger partial charge on any atom is -0.497 e. The van der Waals surface area contributed by atoms with Crippen LogP contribution in [0.1, 0.15) is 6.92 Å². The number of carboxylic acids is 1. The number of aliphatic carboxylic acids is 1. The fraction of sp³-hybridized carbons (Fsp3) is 0.158. The SMILES string of the molecule is COc1ccc2oc(=O)c(-c3ccc(O[C@@H](C)C(=O)O)cc3)cc2c1. The lowest BCUT2D eigenvalue weighted by Gasteiger charge is -2.10. The van der Waals surface area contributed by atoms with E-state index in [1.54, 1.807) is 55.6 Å². The van der Waals surface area contributed by atoms with E-state index < -0.39 is 17.7 Å². The van der Waals surface area contributed by atoms with Crippen molar-refractivity contribution in [2.75, 3.05) is 7.11 Å². The zero-order valence-corrected chi connectivity index (χ0v) is 13.7. The molecular formula is C19H16O6. The summed E-state index contributed by atoms with van der Waals surface area (Å²) in [5.74, 6) is 0.0254. The molecule has 0 radical (unpaired) electrons. The van der Waals surface area contributed by atoms with Crippen LogP contribution in [0.2, 0.25) is 0 Å². The monoisotopic (exact) mass is 340 g/mol. The number of benzene rings is 2. The Labute approximate surface area is 143 Å². The highest BCUT2D eigenvalue weighted by molar-refractivity contribution is 5.83. The molecule has 6 nitrogen and oxygen atoms in total. The van der Waals surface area contributed by atoms with Crippen LogP contribution in [0.3, 0.4) is 0 Å². The number of fused-ring (bicyclic) bond motifs is 1. The Kier molecular flexibility index (Phi) is 4.43. The van der Waals surface area contributed by atoms with Gasteiger partial charge in [0.05, 0.1) is 12.7 Å². The van der Waals surface area contributed by atoms with E-state index in [0.29, 0.717) is 28.2 Å². The fourth-order valence-electron chi connectivity index (χ4n) is 2.40. The molecule has 0 aliphatic rings. The Balaban J connectivity index is 1.96. The molecule has 0 amide bonds. The van der Waals surface area contributed by atoms with Crippen molar-refractivity contribution in [1.29, 1.82) is 0 Å². The van der Waals surface area contributed by atoms with Crippen LogP contribution in [0.15, 0.2) is 57.7 Å². The lowest BCUT2D eigenvalue weighted by molar-refractivity contribution is -0.144. The van der Waals surface area contributed by atoms with E-state index >= 15 is 0 Å². The molecule has 1 aromatic heterocycles. The predicted molar refractivity (Wildman–Crippen MR) is 92.2 cm³/mol. The summed E-state index contributed by atoms with van der Waals surface area (Å²) in [6.45, 7) is 1.45. The second-order valence-corrected chi connectivity index (χ2v) is 5.47. The summed E-state index contributed by atoms with van der Waals surface area (Å²) in [6, 6.07) is 13.5. The van der Waals surface area contributed by atoms with Gasteiger partial charge in [-0.05, 0) is 48.9 Å². The van der Waals surface area contributed by atoms with Crippen molar-refractivity contribution in [3.63, 3.8) is 0 Å². The van der Waals surface area contributed by atoms with Gasteiger partial charge in [0.1, 0.15) is 17.1 Å². The van der Waals surface area contributed by atoms with E-state index in [0.717, 1.165) is 5.39 Å². The highest BCUT2D eigenvalue weighted by Crippen LogP contribution is 2.26. The maximum absolute atomic E-state index is 12.2. The van der Waals surface area contributed by atoms with Gasteiger partial charge in [-0.3, -0.25) is 0 Å². The van der Waals surface area contributed by atoms with E-state index in [2.05, 4.69) is 0 Å². The summed E-state index contributed by atoms with van der Waals surface area (Å²) in [6.07, 6.45) is -0.955. The molecule has 1 N–H and O–H groups in total. The topological polar surface area (TPSA) is 86.0 Å². The Hall–Kier alpha value is -3.28. The number of hydrogen-bond donors (Lipinski definition) is 1. The first-order valence-corrected chi connectivity index (χ1v) is 7.60. The van der Waals surface area contributed by atoms with Gasteiger partial charge in [-0.25, -0.2) is 9.59 Å². The third kappa shape index (κ3) is 3.47. The van der Waals surface area contributed by atoms with Crippen LogP contribution in [-0.2, 0) is 4.79 Å². The van der Waals surface area contributed by atoms with Gasteiger partial charge >= 0.3 is 11.6 Å². The van der Waals surface area contributed by atoms with Gasteiger partial charge in [-0.1, -0.05) is 12.1 Å². The number of methoxy groups -OCH3 is 1. The van der Waals surface area contributed by atoms with Crippen LogP contribution < -0.4 is 15.1 Å². The molecule has 3 aromatic rings. The quantitative estimate of drug-likeness (QED) is 0.717.